The molecule has 0 saturated heterocycles. The fourth-order valence-electron chi connectivity index (χ4n) is 3.25. The molecular formula is C21H16O2S. The summed E-state index contributed by atoms with van der Waals surface area (Å²) in [5.41, 5.74) is 4.04. The Morgan fingerprint density at radius 3 is 2.42 bits per heavy atom. The monoisotopic (exact) mass is 332 g/mol. The highest BCUT2D eigenvalue weighted by Crippen LogP contribution is 2.46. The lowest BCUT2D eigenvalue weighted by Gasteiger charge is -2.29. The minimum absolute atomic E-state index is 0.106. The van der Waals surface area contributed by atoms with E-state index in [9.17, 15) is 4.79 Å². The highest BCUT2D eigenvalue weighted by atomic mass is 32.1. The molecule has 0 spiro atoms. The van der Waals surface area contributed by atoms with Gasteiger partial charge in [-0.05, 0) is 35.6 Å². The predicted octanol–water partition coefficient (Wildman–Crippen LogP) is 5.19. The second-order valence-corrected chi connectivity index (χ2v) is 6.76. The Kier molecular flexibility index (Phi) is 3.79. The molecule has 0 bridgehead atoms. The molecule has 0 fully saturated rings. The molecule has 3 aromatic rings. The summed E-state index contributed by atoms with van der Waals surface area (Å²) in [6.07, 6.45) is 0.947. The number of para-hydroxylation sites is 1. The third-order valence-corrected chi connectivity index (χ3v) is 5.26. The van der Waals surface area contributed by atoms with Crippen molar-refractivity contribution in [2.75, 3.05) is 0 Å². The first-order chi connectivity index (χ1) is 11.8. The topological polar surface area (TPSA) is 26.3 Å². The molecule has 0 aliphatic carbocycles. The Morgan fingerprint density at radius 2 is 1.71 bits per heavy atom. The van der Waals surface area contributed by atoms with Gasteiger partial charge < -0.3 is 4.74 Å². The molecular weight excluding hydrogens is 316 g/mol. The highest BCUT2D eigenvalue weighted by molar-refractivity contribution is 7.11. The average molecular weight is 332 g/mol. The van der Waals surface area contributed by atoms with Gasteiger partial charge in [0.2, 0.25) is 0 Å². The van der Waals surface area contributed by atoms with Gasteiger partial charge in [0.15, 0.2) is 12.0 Å². The van der Waals surface area contributed by atoms with Crippen LogP contribution in [0.1, 0.15) is 27.5 Å². The maximum Gasteiger partial charge on any atom is 0.152 e. The number of aryl methyl sites for hydroxylation is 1. The van der Waals surface area contributed by atoms with E-state index in [-0.39, 0.29) is 5.92 Å². The van der Waals surface area contributed by atoms with E-state index in [0.717, 1.165) is 28.0 Å². The Balaban J connectivity index is 2.00. The number of hydrogen-bond acceptors (Lipinski definition) is 3. The summed E-state index contributed by atoms with van der Waals surface area (Å²) >= 11 is 1.58. The van der Waals surface area contributed by atoms with Gasteiger partial charge in [-0.1, -0.05) is 48.5 Å². The number of aldehydes is 1. The predicted molar refractivity (Wildman–Crippen MR) is 97.4 cm³/mol. The Labute approximate surface area is 145 Å². The van der Waals surface area contributed by atoms with Crippen LogP contribution in [0.25, 0.3) is 5.76 Å². The molecule has 4 rings (SSSR count). The molecule has 1 aliphatic heterocycles. The van der Waals surface area contributed by atoms with Gasteiger partial charge in [0.25, 0.3) is 0 Å². The number of fused-ring (bicyclic) bond motifs is 1. The van der Waals surface area contributed by atoms with E-state index in [2.05, 4.69) is 19.1 Å². The van der Waals surface area contributed by atoms with Gasteiger partial charge in [-0.3, -0.25) is 4.79 Å². The van der Waals surface area contributed by atoms with Crippen molar-refractivity contribution in [1.82, 2.24) is 0 Å². The normalized spacial score (nSPS) is 16.5. The van der Waals surface area contributed by atoms with Crippen molar-refractivity contribution >= 4 is 23.4 Å². The smallest absolute Gasteiger partial charge is 0.152 e. The quantitative estimate of drug-likeness (QED) is 0.617. The van der Waals surface area contributed by atoms with Crippen LogP contribution in [0.15, 0.2) is 71.6 Å². The minimum Gasteiger partial charge on any atom is -0.455 e. The Morgan fingerprint density at radius 1 is 0.958 bits per heavy atom. The van der Waals surface area contributed by atoms with Crippen molar-refractivity contribution < 1.29 is 9.53 Å². The summed E-state index contributed by atoms with van der Waals surface area (Å²) in [7, 11) is 0. The molecule has 0 amide bonds. The van der Waals surface area contributed by atoms with E-state index in [1.807, 2.05) is 53.9 Å². The van der Waals surface area contributed by atoms with E-state index >= 15 is 0 Å². The van der Waals surface area contributed by atoms with Crippen molar-refractivity contribution in [1.29, 1.82) is 0 Å². The molecule has 0 radical (unpaired) electrons. The Bertz CT molecular complexity index is 923. The summed E-state index contributed by atoms with van der Waals surface area (Å²) in [6, 6.07) is 20.2. The number of carbonyl (C=O) groups excluding carboxylic acids is 1. The van der Waals surface area contributed by atoms with Crippen LogP contribution in [0.2, 0.25) is 0 Å². The number of hydrogen-bond donors (Lipinski definition) is 0. The lowest BCUT2D eigenvalue weighted by atomic mass is 9.81. The first-order valence-corrected chi connectivity index (χ1v) is 8.73. The average Bonchev–Trinajstić information content (AvgIpc) is 3.15. The lowest BCUT2D eigenvalue weighted by molar-refractivity contribution is -0.105. The molecule has 1 aliphatic rings. The van der Waals surface area contributed by atoms with E-state index in [1.165, 1.54) is 5.56 Å². The molecule has 2 nitrogen and oxygen atoms in total. The van der Waals surface area contributed by atoms with E-state index < -0.39 is 0 Å². The summed E-state index contributed by atoms with van der Waals surface area (Å²) in [6.45, 7) is 2.08. The van der Waals surface area contributed by atoms with Gasteiger partial charge in [-0.2, -0.15) is 0 Å². The SMILES string of the molecule is Cc1ccccc1C1C(C=O)=C(c2cccs2)Oc2ccccc21. The molecule has 0 saturated carbocycles. The molecule has 2 heterocycles. The summed E-state index contributed by atoms with van der Waals surface area (Å²) in [4.78, 5) is 13.0. The molecule has 3 heteroatoms. The maximum absolute atomic E-state index is 12.0. The van der Waals surface area contributed by atoms with E-state index in [4.69, 9.17) is 4.74 Å². The van der Waals surface area contributed by atoms with Crippen LogP contribution in [-0.4, -0.2) is 6.29 Å². The van der Waals surface area contributed by atoms with Crippen LogP contribution in [0, 0.1) is 6.92 Å². The van der Waals surface area contributed by atoms with Gasteiger partial charge in [0.1, 0.15) is 5.75 Å². The zero-order valence-electron chi connectivity index (χ0n) is 13.2. The number of carbonyl (C=O) groups is 1. The zero-order valence-corrected chi connectivity index (χ0v) is 14.0. The van der Waals surface area contributed by atoms with Crippen molar-refractivity contribution in [2.45, 2.75) is 12.8 Å². The third kappa shape index (κ3) is 2.38. The van der Waals surface area contributed by atoms with Gasteiger partial charge in [-0.25, -0.2) is 0 Å². The van der Waals surface area contributed by atoms with Gasteiger partial charge >= 0.3 is 0 Å². The standard InChI is InChI=1S/C21H16O2S/c1-14-7-2-3-8-15(14)20-16-9-4-5-10-18(16)23-21(17(20)13-22)19-11-6-12-24-19/h2-13,20H,1H3. The second kappa shape index (κ2) is 6.10. The second-order valence-electron chi connectivity index (χ2n) is 5.81. The lowest BCUT2D eigenvalue weighted by Crippen LogP contribution is -2.17. The van der Waals surface area contributed by atoms with Gasteiger partial charge in [0.05, 0.1) is 4.88 Å². The number of benzene rings is 2. The van der Waals surface area contributed by atoms with Crippen molar-refractivity contribution in [3.8, 4) is 5.75 Å². The third-order valence-electron chi connectivity index (χ3n) is 4.39. The highest BCUT2D eigenvalue weighted by Gasteiger charge is 2.32. The number of rotatable bonds is 3. The molecule has 118 valence electrons. The maximum atomic E-state index is 12.0. The van der Waals surface area contributed by atoms with Crippen molar-refractivity contribution in [2.24, 2.45) is 0 Å². The molecule has 24 heavy (non-hydrogen) atoms. The summed E-state index contributed by atoms with van der Waals surface area (Å²) in [5, 5.41) is 2.00. The van der Waals surface area contributed by atoms with Crippen molar-refractivity contribution in [3.05, 3.63) is 93.2 Å². The minimum atomic E-state index is -0.106. The first kappa shape index (κ1) is 14.9. The fraction of sp³-hybridized carbons (Fsp3) is 0.0952. The number of allylic oxidation sites excluding steroid dienone is 1. The van der Waals surface area contributed by atoms with Crippen LogP contribution < -0.4 is 4.74 Å². The molecule has 0 N–H and O–H groups in total. The number of ether oxygens (including phenoxy) is 1. The van der Waals surface area contributed by atoms with Gasteiger partial charge in [-0.15, -0.1) is 11.3 Å². The van der Waals surface area contributed by atoms with Crippen LogP contribution >= 0.6 is 11.3 Å². The van der Waals surface area contributed by atoms with Gasteiger partial charge in [0, 0.05) is 17.1 Å². The van der Waals surface area contributed by atoms with E-state index in [0.29, 0.717) is 11.3 Å². The largest absolute Gasteiger partial charge is 0.455 e. The summed E-state index contributed by atoms with van der Waals surface area (Å²) < 4.78 is 6.13. The molecule has 1 unspecified atom stereocenters. The van der Waals surface area contributed by atoms with Crippen LogP contribution in [0.5, 0.6) is 5.75 Å². The molecule has 2 aromatic carbocycles. The van der Waals surface area contributed by atoms with Crippen LogP contribution in [0.4, 0.5) is 0 Å². The van der Waals surface area contributed by atoms with Crippen molar-refractivity contribution in [3.63, 3.8) is 0 Å². The first-order valence-electron chi connectivity index (χ1n) is 7.85. The number of thiophene rings is 1. The Hall–Kier alpha value is -2.65. The molecule has 1 atom stereocenters. The fourth-order valence-corrected chi connectivity index (χ4v) is 3.97. The molecule has 1 aromatic heterocycles. The zero-order chi connectivity index (χ0) is 16.5. The van der Waals surface area contributed by atoms with Crippen LogP contribution in [-0.2, 0) is 4.79 Å². The van der Waals surface area contributed by atoms with E-state index in [1.54, 1.807) is 11.3 Å². The summed E-state index contributed by atoms with van der Waals surface area (Å²) in [5.74, 6) is 1.39. The van der Waals surface area contributed by atoms with Crippen LogP contribution in [0.3, 0.4) is 0 Å².